The number of aryl methyl sites for hydroxylation is 2. The van der Waals surface area contributed by atoms with Gasteiger partial charge in [0, 0.05) is 34.1 Å². The fourth-order valence-corrected chi connectivity index (χ4v) is 4.07. The Labute approximate surface area is 185 Å². The van der Waals surface area contributed by atoms with Crippen molar-refractivity contribution >= 4 is 46.5 Å². The zero-order valence-corrected chi connectivity index (χ0v) is 17.6. The summed E-state index contributed by atoms with van der Waals surface area (Å²) >= 11 is 6.21. The van der Waals surface area contributed by atoms with Crippen LogP contribution in [-0.4, -0.2) is 15.9 Å². The average Bonchev–Trinajstić information content (AvgIpc) is 3.21. The van der Waals surface area contributed by atoms with Gasteiger partial charge in [-0.05, 0) is 78.9 Å². The lowest BCUT2D eigenvalue weighted by Gasteiger charge is -2.12. The molecule has 1 aliphatic rings. The summed E-state index contributed by atoms with van der Waals surface area (Å²) in [4.78, 5) is 22.1. The van der Waals surface area contributed by atoms with Crippen LogP contribution in [0.1, 0.15) is 27.9 Å². The number of fused-ring (bicyclic) bond motifs is 2. The lowest BCUT2D eigenvalue weighted by Crippen LogP contribution is -2.13. The molecule has 0 saturated carbocycles. The van der Waals surface area contributed by atoms with E-state index in [4.69, 9.17) is 16.6 Å². The Kier molecular flexibility index (Phi) is 5.71. The molecule has 2 aromatic carbocycles. The molecule has 4 nitrogen and oxygen atoms in total. The molecule has 1 aliphatic carbocycles. The first kappa shape index (κ1) is 20.3. The van der Waals surface area contributed by atoms with Gasteiger partial charge in [-0.1, -0.05) is 17.7 Å². The van der Waals surface area contributed by atoms with Crippen LogP contribution in [0, 0.1) is 0 Å². The van der Waals surface area contributed by atoms with E-state index in [9.17, 15) is 4.79 Å². The molecule has 0 aliphatic heterocycles. The minimum Gasteiger partial charge on any atom is -0.322 e. The van der Waals surface area contributed by atoms with E-state index in [0.717, 1.165) is 35.0 Å². The van der Waals surface area contributed by atoms with Gasteiger partial charge < -0.3 is 5.32 Å². The van der Waals surface area contributed by atoms with Gasteiger partial charge in [0.1, 0.15) is 0 Å². The molecule has 6 heteroatoms. The number of rotatable bonds is 3. The van der Waals surface area contributed by atoms with Crippen molar-refractivity contribution in [2.75, 3.05) is 5.32 Å². The normalized spacial score (nSPS) is 12.3. The maximum atomic E-state index is 13.2. The molecule has 5 rings (SSSR count). The Morgan fingerprint density at radius 3 is 2.70 bits per heavy atom. The number of pyridine rings is 2. The molecule has 30 heavy (non-hydrogen) atoms. The molecule has 1 amide bonds. The molecule has 0 unspecified atom stereocenters. The predicted octanol–water partition coefficient (Wildman–Crippen LogP) is 6.11. The van der Waals surface area contributed by atoms with Crippen molar-refractivity contribution < 1.29 is 4.79 Å². The highest BCUT2D eigenvalue weighted by molar-refractivity contribution is 6.31. The third-order valence-corrected chi connectivity index (χ3v) is 5.56. The number of nitrogens with zero attached hydrogens (tertiary/aromatic N) is 2. The molecule has 0 bridgehead atoms. The summed E-state index contributed by atoms with van der Waals surface area (Å²) in [6, 6.07) is 17.2. The molecule has 2 heterocycles. The minimum atomic E-state index is -0.178. The number of halogens is 2. The van der Waals surface area contributed by atoms with Gasteiger partial charge in [0.15, 0.2) is 0 Å². The maximum Gasteiger partial charge on any atom is 0.256 e. The highest BCUT2D eigenvalue weighted by Crippen LogP contribution is 2.29. The number of benzene rings is 2. The number of amides is 1. The molecule has 150 valence electrons. The largest absolute Gasteiger partial charge is 0.322 e. The number of hydrogen-bond acceptors (Lipinski definition) is 3. The van der Waals surface area contributed by atoms with Crippen LogP contribution in [0.15, 0.2) is 67.0 Å². The molecule has 4 aromatic rings. The van der Waals surface area contributed by atoms with Gasteiger partial charge in [-0.3, -0.25) is 9.78 Å². The van der Waals surface area contributed by atoms with Crippen molar-refractivity contribution in [2.45, 2.75) is 19.3 Å². The molecule has 0 saturated heterocycles. The lowest BCUT2D eigenvalue weighted by molar-refractivity contribution is 0.102. The van der Waals surface area contributed by atoms with E-state index in [0.29, 0.717) is 16.3 Å². The average molecular weight is 436 g/mol. The summed E-state index contributed by atoms with van der Waals surface area (Å²) < 4.78 is 0. The van der Waals surface area contributed by atoms with Crippen LogP contribution in [0.25, 0.3) is 22.2 Å². The number of nitrogens with one attached hydrogen (secondary N) is 1. The minimum absolute atomic E-state index is 0. The van der Waals surface area contributed by atoms with Crippen LogP contribution in [0.5, 0.6) is 0 Å². The quantitative estimate of drug-likeness (QED) is 0.422. The van der Waals surface area contributed by atoms with E-state index in [1.165, 1.54) is 17.5 Å². The predicted molar refractivity (Wildman–Crippen MR) is 124 cm³/mol. The number of aromatic nitrogens is 2. The van der Waals surface area contributed by atoms with Gasteiger partial charge in [-0.25, -0.2) is 4.98 Å². The molecule has 0 spiro atoms. The molecule has 2 aromatic heterocycles. The standard InChI is InChI=1S/C24H18ClN3O.ClH/c25-18-7-9-22-20(12-18)21(13-23(28-22)17-5-2-10-26-14-17)24(29)27-19-8-6-15-3-1-4-16(15)11-19;/h2,5-14H,1,3-4H2,(H,27,29);1H. The van der Waals surface area contributed by atoms with E-state index >= 15 is 0 Å². The molecule has 0 atom stereocenters. The van der Waals surface area contributed by atoms with Gasteiger partial charge in [0.05, 0.1) is 16.8 Å². The third kappa shape index (κ3) is 3.89. The Hall–Kier alpha value is -2.95. The molecule has 0 radical (unpaired) electrons. The van der Waals surface area contributed by atoms with Gasteiger partial charge in [0.25, 0.3) is 5.91 Å². The van der Waals surface area contributed by atoms with Crippen molar-refractivity contribution in [1.29, 1.82) is 0 Å². The number of hydrogen-bond donors (Lipinski definition) is 1. The van der Waals surface area contributed by atoms with Crippen LogP contribution < -0.4 is 5.32 Å². The Morgan fingerprint density at radius 2 is 1.87 bits per heavy atom. The zero-order valence-electron chi connectivity index (χ0n) is 16.1. The van der Waals surface area contributed by atoms with Crippen molar-refractivity contribution in [2.24, 2.45) is 0 Å². The fourth-order valence-electron chi connectivity index (χ4n) is 3.90. The number of carbonyl (C=O) groups excluding carboxylic acids is 1. The van der Waals surface area contributed by atoms with Gasteiger partial charge >= 0.3 is 0 Å². The topological polar surface area (TPSA) is 54.9 Å². The van der Waals surface area contributed by atoms with Crippen molar-refractivity contribution in [3.05, 3.63) is 88.7 Å². The van der Waals surface area contributed by atoms with E-state index in [2.05, 4.69) is 22.4 Å². The first-order valence-corrected chi connectivity index (χ1v) is 9.99. The van der Waals surface area contributed by atoms with E-state index in [1.807, 2.05) is 24.3 Å². The number of anilines is 1. The molecular weight excluding hydrogens is 417 g/mol. The van der Waals surface area contributed by atoms with Gasteiger partial charge in [-0.15, -0.1) is 12.4 Å². The third-order valence-electron chi connectivity index (χ3n) is 5.33. The van der Waals surface area contributed by atoms with Gasteiger partial charge in [-0.2, -0.15) is 0 Å². The maximum absolute atomic E-state index is 13.2. The Bertz CT molecular complexity index is 1240. The number of carbonyl (C=O) groups is 1. The van der Waals surface area contributed by atoms with Crippen molar-refractivity contribution in [3.63, 3.8) is 0 Å². The SMILES string of the molecule is Cl.O=C(Nc1ccc2c(c1)CCC2)c1cc(-c2cccnc2)nc2ccc(Cl)cc12. The molecule has 1 N–H and O–H groups in total. The summed E-state index contributed by atoms with van der Waals surface area (Å²) in [5.74, 6) is -0.178. The van der Waals surface area contributed by atoms with E-state index in [1.54, 1.807) is 30.6 Å². The van der Waals surface area contributed by atoms with Crippen LogP contribution in [0.4, 0.5) is 5.69 Å². The monoisotopic (exact) mass is 435 g/mol. The highest BCUT2D eigenvalue weighted by Gasteiger charge is 2.16. The van der Waals surface area contributed by atoms with Gasteiger partial charge in [0.2, 0.25) is 0 Å². The highest BCUT2D eigenvalue weighted by atomic mass is 35.5. The molecular formula is C24H19Cl2N3O. The van der Waals surface area contributed by atoms with Crippen LogP contribution in [0.2, 0.25) is 5.02 Å². The molecule has 0 fully saturated rings. The fraction of sp³-hybridized carbons (Fsp3) is 0.125. The van der Waals surface area contributed by atoms with E-state index < -0.39 is 0 Å². The van der Waals surface area contributed by atoms with Crippen molar-refractivity contribution in [1.82, 2.24) is 9.97 Å². The summed E-state index contributed by atoms with van der Waals surface area (Å²) in [6.45, 7) is 0. The van der Waals surface area contributed by atoms with Crippen LogP contribution in [0.3, 0.4) is 0 Å². The second-order valence-electron chi connectivity index (χ2n) is 7.25. The Morgan fingerprint density at radius 1 is 1.00 bits per heavy atom. The first-order chi connectivity index (χ1) is 14.2. The smallest absolute Gasteiger partial charge is 0.256 e. The first-order valence-electron chi connectivity index (χ1n) is 9.61. The summed E-state index contributed by atoms with van der Waals surface area (Å²) in [7, 11) is 0. The lowest BCUT2D eigenvalue weighted by atomic mass is 10.0. The van der Waals surface area contributed by atoms with Crippen LogP contribution in [-0.2, 0) is 12.8 Å². The summed E-state index contributed by atoms with van der Waals surface area (Å²) in [5.41, 5.74) is 6.32. The van der Waals surface area contributed by atoms with E-state index in [-0.39, 0.29) is 18.3 Å². The summed E-state index contributed by atoms with van der Waals surface area (Å²) in [5, 5.41) is 4.35. The summed E-state index contributed by atoms with van der Waals surface area (Å²) in [6.07, 6.45) is 6.82. The Balaban J connectivity index is 0.00000218. The second-order valence-corrected chi connectivity index (χ2v) is 7.69. The van der Waals surface area contributed by atoms with Crippen molar-refractivity contribution in [3.8, 4) is 11.3 Å². The second kappa shape index (κ2) is 8.42. The van der Waals surface area contributed by atoms with Crippen LogP contribution >= 0.6 is 24.0 Å². The zero-order chi connectivity index (χ0) is 19.8.